The molecule has 0 radical (unpaired) electrons. The van der Waals surface area contributed by atoms with Crippen molar-refractivity contribution < 1.29 is 14.7 Å². The predicted octanol–water partition coefficient (Wildman–Crippen LogP) is 4.00. The van der Waals surface area contributed by atoms with E-state index in [1.54, 1.807) is 0 Å². The van der Waals surface area contributed by atoms with E-state index in [4.69, 9.17) is 5.11 Å². The van der Waals surface area contributed by atoms with Gasteiger partial charge in [-0.05, 0) is 42.0 Å². The van der Waals surface area contributed by atoms with E-state index in [9.17, 15) is 9.59 Å². The third kappa shape index (κ3) is 2.77. The Morgan fingerprint density at radius 1 is 1.19 bits per heavy atom. The van der Waals surface area contributed by atoms with Gasteiger partial charge in [-0.1, -0.05) is 36.9 Å². The van der Waals surface area contributed by atoms with Crippen LogP contribution in [-0.2, 0) is 4.79 Å². The molecule has 0 aromatic heterocycles. The summed E-state index contributed by atoms with van der Waals surface area (Å²) in [5.41, 5.74) is 4.10. The maximum atomic E-state index is 12.0. The zero-order chi connectivity index (χ0) is 15.6. The van der Waals surface area contributed by atoms with Crippen LogP contribution >= 0.6 is 0 Å². The molecule has 0 atom stereocenters. The van der Waals surface area contributed by atoms with Crippen LogP contribution in [0, 0.1) is 6.92 Å². The van der Waals surface area contributed by atoms with Crippen LogP contribution in [0.5, 0.6) is 0 Å². The Kier molecular flexibility index (Phi) is 4.03. The molecule has 0 fully saturated rings. The molecule has 0 saturated carbocycles. The number of ketones is 1. The number of aliphatic carboxylic acids is 1. The summed E-state index contributed by atoms with van der Waals surface area (Å²) < 4.78 is 0. The Labute approximate surface area is 123 Å². The maximum Gasteiger partial charge on any atom is 0.327 e. The Hall–Kier alpha value is -2.68. The van der Waals surface area contributed by atoms with E-state index in [2.05, 4.69) is 31.7 Å². The first-order chi connectivity index (χ1) is 9.95. The molecule has 3 rings (SSSR count). The van der Waals surface area contributed by atoms with Gasteiger partial charge in [-0.15, -0.1) is 0 Å². The first-order valence-electron chi connectivity index (χ1n) is 6.56. The van der Waals surface area contributed by atoms with E-state index in [-0.39, 0.29) is 5.78 Å². The SMILES string of the molecule is C=CC(=O)O.CC1=Cc2c(C)ccc3cccc(c23)C1=O. The molecule has 21 heavy (non-hydrogen) atoms. The van der Waals surface area contributed by atoms with Crippen molar-refractivity contribution in [3.05, 3.63) is 65.3 Å². The summed E-state index contributed by atoms with van der Waals surface area (Å²) in [6.45, 7) is 6.93. The minimum absolute atomic E-state index is 0.156. The molecule has 3 nitrogen and oxygen atoms in total. The summed E-state index contributed by atoms with van der Waals surface area (Å²) >= 11 is 0. The molecule has 0 spiro atoms. The number of hydrogen-bond acceptors (Lipinski definition) is 2. The van der Waals surface area contributed by atoms with Gasteiger partial charge < -0.3 is 5.11 Å². The molecule has 1 aliphatic rings. The van der Waals surface area contributed by atoms with E-state index < -0.39 is 5.97 Å². The summed E-state index contributed by atoms with van der Waals surface area (Å²) in [5.74, 6) is -0.825. The quantitative estimate of drug-likeness (QED) is 0.803. The number of benzene rings is 2. The molecule has 1 N–H and O–H groups in total. The summed E-state index contributed by atoms with van der Waals surface area (Å²) in [5, 5.41) is 9.86. The number of Topliss-reactive ketones (excluding diaryl/α,β-unsaturated/α-hetero) is 1. The van der Waals surface area contributed by atoms with Crippen molar-refractivity contribution in [2.45, 2.75) is 13.8 Å². The number of allylic oxidation sites excluding steroid dienone is 1. The van der Waals surface area contributed by atoms with E-state index in [1.165, 1.54) is 11.1 Å². The maximum absolute atomic E-state index is 12.0. The van der Waals surface area contributed by atoms with Crippen molar-refractivity contribution in [3.63, 3.8) is 0 Å². The Bertz CT molecular complexity index is 782. The molecule has 2 aromatic rings. The van der Waals surface area contributed by atoms with Gasteiger partial charge in [0.25, 0.3) is 0 Å². The summed E-state index contributed by atoms with van der Waals surface area (Å²) in [6.07, 6.45) is 2.84. The van der Waals surface area contributed by atoms with Crippen LogP contribution in [0.1, 0.15) is 28.4 Å². The molecule has 3 heteroatoms. The molecule has 0 bridgehead atoms. The van der Waals surface area contributed by atoms with Crippen LogP contribution in [0.2, 0.25) is 0 Å². The second-order valence-electron chi connectivity index (χ2n) is 4.90. The van der Waals surface area contributed by atoms with Crippen LogP contribution in [-0.4, -0.2) is 16.9 Å². The van der Waals surface area contributed by atoms with Crippen molar-refractivity contribution in [2.24, 2.45) is 0 Å². The van der Waals surface area contributed by atoms with Crippen molar-refractivity contribution in [2.75, 3.05) is 0 Å². The second-order valence-corrected chi connectivity index (χ2v) is 4.90. The number of carbonyl (C=O) groups excluding carboxylic acids is 1. The molecule has 0 saturated heterocycles. The van der Waals surface area contributed by atoms with Gasteiger partial charge in [0.2, 0.25) is 0 Å². The molecule has 0 amide bonds. The van der Waals surface area contributed by atoms with Crippen molar-refractivity contribution in [1.29, 1.82) is 0 Å². The Morgan fingerprint density at radius 3 is 2.48 bits per heavy atom. The van der Waals surface area contributed by atoms with Gasteiger partial charge in [-0.2, -0.15) is 0 Å². The number of hydrogen-bond donors (Lipinski definition) is 1. The third-order valence-electron chi connectivity index (χ3n) is 3.44. The molecule has 1 aliphatic carbocycles. The standard InChI is InChI=1S/C15H12O.C3H4O2/c1-9-6-7-11-4-3-5-12-14(11)13(9)8-10(2)15(12)16;1-2-3(4)5/h3-8H,1-2H3;2H,1H2,(H,4,5). The highest BCUT2D eigenvalue weighted by atomic mass is 16.4. The lowest BCUT2D eigenvalue weighted by atomic mass is 9.86. The number of carboxylic acids is 1. The minimum Gasteiger partial charge on any atom is -0.478 e. The highest BCUT2D eigenvalue weighted by Crippen LogP contribution is 2.32. The lowest BCUT2D eigenvalue weighted by Crippen LogP contribution is -2.07. The topological polar surface area (TPSA) is 54.4 Å². The summed E-state index contributed by atoms with van der Waals surface area (Å²) in [4.78, 5) is 21.3. The Balaban J connectivity index is 0.000000282. The van der Waals surface area contributed by atoms with Crippen LogP contribution in [0.25, 0.3) is 16.8 Å². The average Bonchev–Trinajstić information content (AvgIpc) is 2.48. The molecule has 0 heterocycles. The molecule has 2 aromatic carbocycles. The number of carboxylic acid groups (broad SMARTS) is 1. The fourth-order valence-electron chi connectivity index (χ4n) is 2.38. The van der Waals surface area contributed by atoms with Gasteiger partial charge in [0.15, 0.2) is 5.78 Å². The largest absolute Gasteiger partial charge is 0.478 e. The molecule has 0 unspecified atom stereocenters. The van der Waals surface area contributed by atoms with Crippen molar-refractivity contribution >= 4 is 28.6 Å². The smallest absolute Gasteiger partial charge is 0.327 e. The van der Waals surface area contributed by atoms with E-state index in [0.29, 0.717) is 0 Å². The number of rotatable bonds is 1. The molecular formula is C18H16O3. The zero-order valence-corrected chi connectivity index (χ0v) is 12.0. The molecule has 106 valence electrons. The summed E-state index contributed by atoms with van der Waals surface area (Å²) in [6, 6.07) is 10.1. The summed E-state index contributed by atoms with van der Waals surface area (Å²) in [7, 11) is 0. The van der Waals surface area contributed by atoms with Crippen molar-refractivity contribution in [3.8, 4) is 0 Å². The molecular weight excluding hydrogens is 264 g/mol. The first-order valence-corrected chi connectivity index (χ1v) is 6.56. The third-order valence-corrected chi connectivity index (χ3v) is 3.44. The van der Waals surface area contributed by atoms with Crippen molar-refractivity contribution in [1.82, 2.24) is 0 Å². The lowest BCUT2D eigenvalue weighted by Gasteiger charge is -2.16. The second kappa shape index (κ2) is 5.75. The fraction of sp³-hybridized carbons (Fsp3) is 0.111. The Morgan fingerprint density at radius 2 is 1.86 bits per heavy atom. The van der Waals surface area contributed by atoms with Crippen LogP contribution < -0.4 is 0 Å². The number of carbonyl (C=O) groups is 2. The lowest BCUT2D eigenvalue weighted by molar-refractivity contribution is -0.131. The first kappa shape index (κ1) is 14.7. The normalized spacial score (nSPS) is 12.3. The van der Waals surface area contributed by atoms with Crippen LogP contribution in [0.3, 0.4) is 0 Å². The van der Waals surface area contributed by atoms with Gasteiger partial charge in [-0.3, -0.25) is 4.79 Å². The van der Waals surface area contributed by atoms with E-state index >= 15 is 0 Å². The van der Waals surface area contributed by atoms with Gasteiger partial charge in [0.05, 0.1) is 0 Å². The molecule has 0 aliphatic heterocycles. The minimum atomic E-state index is -0.981. The van der Waals surface area contributed by atoms with Gasteiger partial charge >= 0.3 is 5.97 Å². The number of aryl methyl sites for hydroxylation is 1. The van der Waals surface area contributed by atoms with E-state index in [1.807, 2.05) is 25.1 Å². The zero-order valence-electron chi connectivity index (χ0n) is 12.0. The highest BCUT2D eigenvalue weighted by molar-refractivity contribution is 6.22. The fourth-order valence-corrected chi connectivity index (χ4v) is 2.38. The van der Waals surface area contributed by atoms with Gasteiger partial charge in [0, 0.05) is 17.0 Å². The van der Waals surface area contributed by atoms with E-state index in [0.717, 1.165) is 28.0 Å². The highest BCUT2D eigenvalue weighted by Gasteiger charge is 2.19. The van der Waals surface area contributed by atoms with Crippen LogP contribution in [0.15, 0.2) is 48.6 Å². The van der Waals surface area contributed by atoms with Gasteiger partial charge in [0.1, 0.15) is 0 Å². The predicted molar refractivity (Wildman–Crippen MR) is 84.5 cm³/mol. The van der Waals surface area contributed by atoms with Crippen LogP contribution in [0.4, 0.5) is 0 Å². The average molecular weight is 280 g/mol. The monoisotopic (exact) mass is 280 g/mol. The van der Waals surface area contributed by atoms with Gasteiger partial charge in [-0.25, -0.2) is 4.79 Å².